The summed E-state index contributed by atoms with van der Waals surface area (Å²) in [5, 5.41) is 5.52. The normalized spacial score (nSPS) is 17.0. The molecule has 1 aliphatic carbocycles. The highest BCUT2D eigenvalue weighted by Crippen LogP contribution is 2.27. The molecular weight excluding hydrogens is 286 g/mol. The van der Waals surface area contributed by atoms with Gasteiger partial charge < -0.3 is 10.6 Å². The van der Waals surface area contributed by atoms with E-state index < -0.39 is 17.7 Å². The van der Waals surface area contributed by atoms with Crippen molar-refractivity contribution in [3.05, 3.63) is 28.8 Å². The van der Waals surface area contributed by atoms with Gasteiger partial charge in [0.05, 0.1) is 10.7 Å². The molecule has 1 unspecified atom stereocenters. The average molecular weight is 303 g/mol. The van der Waals surface area contributed by atoms with E-state index in [0.29, 0.717) is 0 Å². The minimum absolute atomic E-state index is 0.0536. The first kappa shape index (κ1) is 15.0. The van der Waals surface area contributed by atoms with E-state index in [9.17, 15) is 13.6 Å². The van der Waals surface area contributed by atoms with Gasteiger partial charge >= 0.3 is 0 Å². The molecule has 1 aromatic rings. The Balaban J connectivity index is 2.00. The van der Waals surface area contributed by atoms with Crippen molar-refractivity contribution in [3.8, 4) is 0 Å². The molecule has 1 aromatic carbocycles. The first-order chi connectivity index (χ1) is 9.47. The van der Waals surface area contributed by atoms with Crippen LogP contribution in [0.1, 0.15) is 32.6 Å². The molecule has 0 saturated heterocycles. The summed E-state index contributed by atoms with van der Waals surface area (Å²) in [4.78, 5) is 12.0. The summed E-state index contributed by atoms with van der Waals surface area (Å²) < 4.78 is 26.6. The van der Waals surface area contributed by atoms with Crippen molar-refractivity contribution in [2.45, 2.75) is 44.7 Å². The lowest BCUT2D eigenvalue weighted by molar-refractivity contribution is -0.122. The molecule has 0 aromatic heterocycles. The minimum atomic E-state index is -0.810. The molecule has 1 atom stereocenters. The maximum absolute atomic E-state index is 13.6. The van der Waals surface area contributed by atoms with Crippen LogP contribution in [0.5, 0.6) is 0 Å². The van der Waals surface area contributed by atoms with E-state index in [1.807, 2.05) is 0 Å². The predicted octanol–water partition coefficient (Wildman–Crippen LogP) is 3.48. The third-order valence-corrected chi connectivity index (χ3v) is 3.76. The van der Waals surface area contributed by atoms with Crippen molar-refractivity contribution in [1.82, 2.24) is 5.32 Å². The first-order valence-electron chi connectivity index (χ1n) is 6.69. The third kappa shape index (κ3) is 3.60. The number of halogens is 3. The molecule has 2 rings (SSSR count). The van der Waals surface area contributed by atoms with E-state index in [-0.39, 0.29) is 22.7 Å². The summed E-state index contributed by atoms with van der Waals surface area (Å²) in [6.07, 6.45) is 4.19. The van der Waals surface area contributed by atoms with E-state index in [0.717, 1.165) is 37.8 Å². The lowest BCUT2D eigenvalue weighted by Gasteiger charge is -2.19. The summed E-state index contributed by atoms with van der Waals surface area (Å²) in [5.41, 5.74) is -0.0536. The molecule has 20 heavy (non-hydrogen) atoms. The molecule has 0 bridgehead atoms. The topological polar surface area (TPSA) is 41.1 Å². The number of carbonyl (C=O) groups excluding carboxylic acids is 1. The van der Waals surface area contributed by atoms with Crippen LogP contribution >= 0.6 is 11.6 Å². The van der Waals surface area contributed by atoms with Gasteiger partial charge in [0.15, 0.2) is 5.82 Å². The van der Waals surface area contributed by atoms with Crippen LogP contribution in [0.3, 0.4) is 0 Å². The molecule has 0 heterocycles. The highest BCUT2D eigenvalue weighted by atomic mass is 35.5. The first-order valence-corrected chi connectivity index (χ1v) is 7.06. The number of rotatable bonds is 4. The summed E-state index contributed by atoms with van der Waals surface area (Å²) >= 11 is 5.78. The largest absolute Gasteiger partial charge is 0.370 e. The van der Waals surface area contributed by atoms with Crippen LogP contribution in [0.4, 0.5) is 14.5 Å². The van der Waals surface area contributed by atoms with E-state index >= 15 is 0 Å². The number of amides is 1. The SMILES string of the molecule is CC(Nc1c(F)cc(F)cc1Cl)C(=O)NC1CCCC1. The second-order valence-electron chi connectivity index (χ2n) is 5.10. The van der Waals surface area contributed by atoms with E-state index in [1.165, 1.54) is 0 Å². The van der Waals surface area contributed by atoms with Gasteiger partial charge in [-0.2, -0.15) is 0 Å². The Hall–Kier alpha value is -1.36. The van der Waals surface area contributed by atoms with Crippen molar-refractivity contribution >= 4 is 23.2 Å². The predicted molar refractivity (Wildman–Crippen MR) is 74.9 cm³/mol. The zero-order chi connectivity index (χ0) is 14.7. The Morgan fingerprint density at radius 3 is 2.60 bits per heavy atom. The van der Waals surface area contributed by atoms with E-state index in [4.69, 9.17) is 11.6 Å². The molecule has 0 radical (unpaired) electrons. The van der Waals surface area contributed by atoms with Gasteiger partial charge in [-0.3, -0.25) is 4.79 Å². The molecule has 3 nitrogen and oxygen atoms in total. The maximum Gasteiger partial charge on any atom is 0.242 e. The van der Waals surface area contributed by atoms with Crippen LogP contribution in [-0.4, -0.2) is 18.0 Å². The number of carbonyl (C=O) groups is 1. The molecule has 1 saturated carbocycles. The number of hydrogen-bond acceptors (Lipinski definition) is 2. The van der Waals surface area contributed by atoms with Gasteiger partial charge in [0.25, 0.3) is 0 Å². The van der Waals surface area contributed by atoms with Crippen molar-refractivity contribution in [3.63, 3.8) is 0 Å². The molecule has 1 amide bonds. The number of benzene rings is 1. The van der Waals surface area contributed by atoms with Crippen molar-refractivity contribution in [1.29, 1.82) is 0 Å². The standard InChI is InChI=1S/C14H17ClF2N2O/c1-8(14(20)19-10-4-2-3-5-10)18-13-11(15)6-9(16)7-12(13)17/h6-8,10,18H,2-5H2,1H3,(H,19,20). The Kier molecular flexibility index (Phi) is 4.81. The molecule has 2 N–H and O–H groups in total. The lowest BCUT2D eigenvalue weighted by Crippen LogP contribution is -2.42. The molecule has 1 aliphatic rings. The fourth-order valence-electron chi connectivity index (χ4n) is 2.36. The number of nitrogens with one attached hydrogen (secondary N) is 2. The van der Waals surface area contributed by atoms with Gasteiger partial charge in [0.2, 0.25) is 5.91 Å². The third-order valence-electron chi connectivity index (χ3n) is 3.46. The quantitative estimate of drug-likeness (QED) is 0.894. The van der Waals surface area contributed by atoms with Crippen LogP contribution in [0.2, 0.25) is 5.02 Å². The number of anilines is 1. The summed E-state index contributed by atoms with van der Waals surface area (Å²) in [5.74, 6) is -1.77. The minimum Gasteiger partial charge on any atom is -0.370 e. The van der Waals surface area contributed by atoms with Gasteiger partial charge in [0.1, 0.15) is 11.9 Å². The maximum atomic E-state index is 13.6. The molecule has 1 fully saturated rings. The zero-order valence-electron chi connectivity index (χ0n) is 11.2. The van der Waals surface area contributed by atoms with Crippen LogP contribution < -0.4 is 10.6 Å². The summed E-state index contributed by atoms with van der Waals surface area (Å²) in [7, 11) is 0. The second kappa shape index (κ2) is 6.39. The van der Waals surface area contributed by atoms with Crippen molar-refractivity contribution in [2.75, 3.05) is 5.32 Å². The van der Waals surface area contributed by atoms with E-state index in [1.54, 1.807) is 6.92 Å². The molecule has 6 heteroatoms. The second-order valence-corrected chi connectivity index (χ2v) is 5.51. The molecule has 110 valence electrons. The fourth-order valence-corrected chi connectivity index (χ4v) is 2.61. The summed E-state index contributed by atoms with van der Waals surface area (Å²) in [6, 6.07) is 1.29. The van der Waals surface area contributed by atoms with Gasteiger partial charge in [-0.1, -0.05) is 24.4 Å². The fraction of sp³-hybridized carbons (Fsp3) is 0.500. The van der Waals surface area contributed by atoms with Crippen LogP contribution in [0.25, 0.3) is 0 Å². The van der Waals surface area contributed by atoms with Gasteiger partial charge in [-0.05, 0) is 25.8 Å². The zero-order valence-corrected chi connectivity index (χ0v) is 11.9. The van der Waals surface area contributed by atoms with Crippen LogP contribution in [0.15, 0.2) is 12.1 Å². The molecular formula is C14H17ClF2N2O. The Morgan fingerprint density at radius 1 is 1.35 bits per heavy atom. The van der Waals surface area contributed by atoms with Gasteiger partial charge in [0, 0.05) is 12.1 Å². The lowest BCUT2D eigenvalue weighted by atomic mass is 10.2. The smallest absolute Gasteiger partial charge is 0.242 e. The van der Waals surface area contributed by atoms with Crippen LogP contribution in [-0.2, 0) is 4.79 Å². The summed E-state index contributed by atoms with van der Waals surface area (Å²) in [6.45, 7) is 1.61. The van der Waals surface area contributed by atoms with Crippen LogP contribution in [0, 0.1) is 11.6 Å². The molecule has 0 aliphatic heterocycles. The Labute approximate surface area is 121 Å². The highest BCUT2D eigenvalue weighted by molar-refractivity contribution is 6.33. The van der Waals surface area contributed by atoms with Gasteiger partial charge in [-0.15, -0.1) is 0 Å². The van der Waals surface area contributed by atoms with Gasteiger partial charge in [-0.25, -0.2) is 8.78 Å². The monoisotopic (exact) mass is 302 g/mol. The Bertz CT molecular complexity index is 481. The average Bonchev–Trinajstić information content (AvgIpc) is 2.86. The Morgan fingerprint density at radius 2 is 2.00 bits per heavy atom. The molecule has 0 spiro atoms. The van der Waals surface area contributed by atoms with Crippen molar-refractivity contribution < 1.29 is 13.6 Å². The van der Waals surface area contributed by atoms with Crippen molar-refractivity contribution in [2.24, 2.45) is 0 Å². The number of hydrogen-bond donors (Lipinski definition) is 2. The van der Waals surface area contributed by atoms with E-state index in [2.05, 4.69) is 10.6 Å². The highest BCUT2D eigenvalue weighted by Gasteiger charge is 2.22.